The van der Waals surface area contributed by atoms with Crippen molar-refractivity contribution < 1.29 is 13.9 Å². The van der Waals surface area contributed by atoms with Crippen molar-refractivity contribution in [3.8, 4) is 0 Å². The molecule has 1 fully saturated rings. The fourth-order valence-corrected chi connectivity index (χ4v) is 4.19. The van der Waals surface area contributed by atoms with Crippen LogP contribution in [0, 0.1) is 5.82 Å². The number of nitrogens with zero attached hydrogens (tertiary/aromatic N) is 2. The largest absolute Gasteiger partial charge is 0.464 e. The summed E-state index contributed by atoms with van der Waals surface area (Å²) in [5.74, 6) is -0.876. The number of halogens is 2. The molecule has 1 aromatic carbocycles. The minimum absolute atomic E-state index is 0.0878. The number of carbonyl (C=O) groups is 1. The molecule has 2 heterocycles. The molecule has 4 rings (SSSR count). The number of aromatic nitrogens is 1. The normalized spacial score (nSPS) is 17.8. The molecule has 0 bridgehead atoms. The summed E-state index contributed by atoms with van der Waals surface area (Å²) in [7, 11) is 1.35. The Morgan fingerprint density at radius 1 is 1.28 bits per heavy atom. The molecule has 1 aliphatic heterocycles. The lowest BCUT2D eigenvalue weighted by Crippen LogP contribution is -2.29. The summed E-state index contributed by atoms with van der Waals surface area (Å²) >= 11 is 5.82. The van der Waals surface area contributed by atoms with Crippen LogP contribution in [0.3, 0.4) is 0 Å². The van der Waals surface area contributed by atoms with Crippen LogP contribution >= 0.6 is 11.6 Å². The Kier molecular flexibility index (Phi) is 3.91. The van der Waals surface area contributed by atoms with Crippen molar-refractivity contribution in [3.05, 3.63) is 52.6 Å². The average molecular weight is 361 g/mol. The predicted molar refractivity (Wildman–Crippen MR) is 94.1 cm³/mol. The third kappa shape index (κ3) is 2.58. The first kappa shape index (κ1) is 16.3. The fraction of sp³-hybridized carbons (Fsp3) is 0.368. The lowest BCUT2D eigenvalue weighted by atomic mass is 9.84. The fourth-order valence-electron chi connectivity index (χ4n) is 4.07. The molecular formula is C19H18ClFN2O2. The maximum atomic E-state index is 14.0. The number of hydrogen-bond donors (Lipinski definition) is 0. The molecule has 0 atom stereocenters. The first-order valence-corrected chi connectivity index (χ1v) is 8.74. The zero-order valence-electron chi connectivity index (χ0n) is 13.9. The third-order valence-corrected chi connectivity index (χ3v) is 5.60. The Morgan fingerprint density at radius 2 is 2.04 bits per heavy atom. The number of esters is 1. The van der Waals surface area contributed by atoms with Crippen LogP contribution in [0.15, 0.2) is 30.3 Å². The zero-order chi connectivity index (χ0) is 17.6. The number of rotatable bonds is 2. The van der Waals surface area contributed by atoms with Gasteiger partial charge >= 0.3 is 5.97 Å². The Morgan fingerprint density at radius 3 is 2.72 bits per heavy atom. The van der Waals surface area contributed by atoms with Gasteiger partial charge in [0.1, 0.15) is 11.5 Å². The lowest BCUT2D eigenvalue weighted by Gasteiger charge is -2.25. The van der Waals surface area contributed by atoms with E-state index in [2.05, 4.69) is 9.88 Å². The summed E-state index contributed by atoms with van der Waals surface area (Å²) in [5, 5.41) is 0.109. The molecule has 2 aromatic rings. The average Bonchev–Trinajstić information content (AvgIpc) is 3.23. The first-order valence-electron chi connectivity index (χ1n) is 8.36. The highest BCUT2D eigenvalue weighted by Gasteiger charge is 2.46. The van der Waals surface area contributed by atoms with Gasteiger partial charge in [0.25, 0.3) is 0 Å². The van der Waals surface area contributed by atoms with Crippen molar-refractivity contribution in [2.24, 2.45) is 0 Å². The van der Waals surface area contributed by atoms with Gasteiger partial charge in [0, 0.05) is 17.6 Å². The molecule has 2 aliphatic rings. The van der Waals surface area contributed by atoms with Gasteiger partial charge in [-0.25, -0.2) is 14.2 Å². The topological polar surface area (TPSA) is 42.4 Å². The number of ether oxygens (including phenoxy) is 1. The Bertz CT molecular complexity index is 849. The summed E-state index contributed by atoms with van der Waals surface area (Å²) in [6, 6.07) is 8.39. The Labute approximate surface area is 150 Å². The summed E-state index contributed by atoms with van der Waals surface area (Å²) in [6.45, 7) is 0.737. The lowest BCUT2D eigenvalue weighted by molar-refractivity contribution is 0.0593. The molecule has 1 aromatic heterocycles. The molecule has 1 spiro atoms. The zero-order valence-corrected chi connectivity index (χ0v) is 14.6. The van der Waals surface area contributed by atoms with Gasteiger partial charge in [-0.1, -0.05) is 24.4 Å². The van der Waals surface area contributed by atoms with Crippen molar-refractivity contribution >= 4 is 28.9 Å². The molecule has 0 radical (unpaired) electrons. The van der Waals surface area contributed by atoms with Crippen LogP contribution in [0.4, 0.5) is 15.8 Å². The summed E-state index contributed by atoms with van der Waals surface area (Å²) in [5.41, 5.74) is 2.82. The van der Waals surface area contributed by atoms with Crippen molar-refractivity contribution in [3.63, 3.8) is 0 Å². The second kappa shape index (κ2) is 5.99. The predicted octanol–water partition coefficient (Wildman–Crippen LogP) is 4.62. The summed E-state index contributed by atoms with van der Waals surface area (Å²) in [4.78, 5) is 18.6. The number of hydrogen-bond acceptors (Lipinski definition) is 4. The molecule has 25 heavy (non-hydrogen) atoms. The molecule has 0 unspecified atom stereocenters. The standard InChI is InChI=1S/C19H18ClFN2O2/c1-25-18(24)15-6-7-16-17(22-15)19(8-2-3-9-19)11-23(16)12-4-5-13(20)14(21)10-12/h4-7,10H,2-3,8-9,11H2,1H3. The monoisotopic (exact) mass is 360 g/mol. The maximum absolute atomic E-state index is 14.0. The maximum Gasteiger partial charge on any atom is 0.356 e. The first-order chi connectivity index (χ1) is 12.0. The molecule has 4 nitrogen and oxygen atoms in total. The van der Waals surface area contributed by atoms with Gasteiger partial charge in [0.2, 0.25) is 0 Å². The minimum atomic E-state index is -0.438. The van der Waals surface area contributed by atoms with E-state index in [1.807, 2.05) is 12.1 Å². The van der Waals surface area contributed by atoms with Gasteiger partial charge in [-0.2, -0.15) is 0 Å². The second-order valence-corrected chi connectivity index (χ2v) is 7.13. The van der Waals surface area contributed by atoms with E-state index >= 15 is 0 Å². The highest BCUT2D eigenvalue weighted by atomic mass is 35.5. The van der Waals surface area contributed by atoms with Crippen LogP contribution in [0.5, 0.6) is 0 Å². The van der Waals surface area contributed by atoms with Crippen molar-refractivity contribution in [2.45, 2.75) is 31.1 Å². The van der Waals surface area contributed by atoms with E-state index in [1.54, 1.807) is 12.1 Å². The Hall–Kier alpha value is -2.14. The van der Waals surface area contributed by atoms with Crippen molar-refractivity contribution in [2.75, 3.05) is 18.6 Å². The van der Waals surface area contributed by atoms with Crippen LogP contribution in [0.2, 0.25) is 5.02 Å². The molecule has 1 aliphatic carbocycles. The highest BCUT2D eigenvalue weighted by Crippen LogP contribution is 2.51. The van der Waals surface area contributed by atoms with Crippen LogP contribution in [0.1, 0.15) is 41.9 Å². The highest BCUT2D eigenvalue weighted by molar-refractivity contribution is 6.30. The van der Waals surface area contributed by atoms with Crippen LogP contribution in [0.25, 0.3) is 0 Å². The SMILES string of the molecule is COC(=O)c1ccc2c(n1)C1(CCCC1)CN2c1ccc(Cl)c(F)c1. The van der Waals surface area contributed by atoms with Gasteiger partial charge in [0.05, 0.1) is 23.5 Å². The van der Waals surface area contributed by atoms with Crippen LogP contribution < -0.4 is 4.90 Å². The van der Waals surface area contributed by atoms with Gasteiger partial charge in [-0.3, -0.25) is 0 Å². The van der Waals surface area contributed by atoms with Gasteiger partial charge in [-0.15, -0.1) is 0 Å². The van der Waals surface area contributed by atoms with Crippen LogP contribution in [-0.2, 0) is 10.2 Å². The number of benzene rings is 1. The van der Waals surface area contributed by atoms with Gasteiger partial charge < -0.3 is 9.64 Å². The quantitative estimate of drug-likeness (QED) is 0.733. The molecule has 6 heteroatoms. The van der Waals surface area contributed by atoms with E-state index < -0.39 is 11.8 Å². The summed E-state index contributed by atoms with van der Waals surface area (Å²) in [6.07, 6.45) is 4.30. The Balaban J connectivity index is 1.83. The molecule has 0 N–H and O–H groups in total. The van der Waals surface area contributed by atoms with E-state index in [-0.39, 0.29) is 10.4 Å². The van der Waals surface area contributed by atoms with E-state index in [0.29, 0.717) is 5.69 Å². The number of fused-ring (bicyclic) bond motifs is 2. The molecule has 1 saturated carbocycles. The molecule has 130 valence electrons. The smallest absolute Gasteiger partial charge is 0.356 e. The number of carbonyl (C=O) groups excluding carboxylic acids is 1. The van der Waals surface area contributed by atoms with E-state index in [9.17, 15) is 9.18 Å². The van der Waals surface area contributed by atoms with Crippen LogP contribution in [-0.4, -0.2) is 24.6 Å². The van der Waals surface area contributed by atoms with Crippen molar-refractivity contribution in [1.82, 2.24) is 4.98 Å². The molecular weight excluding hydrogens is 343 g/mol. The van der Waals surface area contributed by atoms with E-state index in [0.717, 1.165) is 49.3 Å². The molecule has 0 amide bonds. The second-order valence-electron chi connectivity index (χ2n) is 6.73. The molecule has 0 saturated heterocycles. The summed E-state index contributed by atoms with van der Waals surface area (Å²) < 4.78 is 18.8. The number of pyridine rings is 1. The van der Waals surface area contributed by atoms with E-state index in [1.165, 1.54) is 13.2 Å². The van der Waals surface area contributed by atoms with Gasteiger partial charge in [-0.05, 0) is 43.2 Å². The minimum Gasteiger partial charge on any atom is -0.464 e. The number of anilines is 2. The van der Waals surface area contributed by atoms with E-state index in [4.69, 9.17) is 16.3 Å². The van der Waals surface area contributed by atoms with Gasteiger partial charge in [0.15, 0.2) is 0 Å². The number of methoxy groups -OCH3 is 1. The third-order valence-electron chi connectivity index (χ3n) is 5.30. The van der Waals surface area contributed by atoms with Crippen molar-refractivity contribution in [1.29, 1.82) is 0 Å².